The van der Waals surface area contributed by atoms with Crippen molar-refractivity contribution in [3.63, 3.8) is 0 Å². The van der Waals surface area contributed by atoms with Gasteiger partial charge in [0.2, 0.25) is 5.56 Å². The van der Waals surface area contributed by atoms with Crippen LogP contribution in [0.15, 0.2) is 16.9 Å². The lowest BCUT2D eigenvalue weighted by Crippen LogP contribution is -2.44. The van der Waals surface area contributed by atoms with Gasteiger partial charge in [0.15, 0.2) is 0 Å². The van der Waals surface area contributed by atoms with Crippen LogP contribution in [0.2, 0.25) is 0 Å². The van der Waals surface area contributed by atoms with Crippen LogP contribution in [-0.4, -0.2) is 39.5 Å². The van der Waals surface area contributed by atoms with E-state index >= 15 is 0 Å². The van der Waals surface area contributed by atoms with Crippen molar-refractivity contribution in [2.45, 2.75) is 57.9 Å². The van der Waals surface area contributed by atoms with E-state index in [-0.39, 0.29) is 29.8 Å². The Labute approximate surface area is 135 Å². The molecular weight excluding hydrogens is 296 g/mol. The van der Waals surface area contributed by atoms with Crippen LogP contribution < -0.4 is 5.56 Å². The molecular formula is C17H24N2O4. The number of pyridine rings is 1. The molecule has 1 fully saturated rings. The molecule has 2 heterocycles. The Bertz CT molecular complexity index is 636. The molecule has 1 amide bonds. The molecule has 0 saturated carbocycles. The predicted molar refractivity (Wildman–Crippen MR) is 86.7 cm³/mol. The number of H-pyrrole nitrogens is 1. The largest absolute Gasteiger partial charge is 0.481 e. The molecule has 2 N–H and O–H groups in total. The molecule has 1 unspecified atom stereocenters. The zero-order valence-corrected chi connectivity index (χ0v) is 13.7. The van der Waals surface area contributed by atoms with Crippen LogP contribution in [0.3, 0.4) is 0 Å². The molecule has 6 nitrogen and oxygen atoms in total. The van der Waals surface area contributed by atoms with Gasteiger partial charge < -0.3 is 15.0 Å². The summed E-state index contributed by atoms with van der Waals surface area (Å²) < 4.78 is 0. The maximum atomic E-state index is 12.8. The van der Waals surface area contributed by atoms with Crippen LogP contribution in [0.1, 0.15) is 67.9 Å². The number of piperidine rings is 1. The fourth-order valence-electron chi connectivity index (χ4n) is 3.02. The average molecular weight is 320 g/mol. The lowest BCUT2D eigenvalue weighted by Gasteiger charge is -2.35. The van der Waals surface area contributed by atoms with Gasteiger partial charge in [-0.1, -0.05) is 13.8 Å². The van der Waals surface area contributed by atoms with Gasteiger partial charge in [-0.05, 0) is 37.7 Å². The second-order valence-electron chi connectivity index (χ2n) is 6.42. The number of aromatic amines is 1. The van der Waals surface area contributed by atoms with Gasteiger partial charge in [-0.15, -0.1) is 0 Å². The van der Waals surface area contributed by atoms with Crippen molar-refractivity contribution in [3.8, 4) is 0 Å². The third kappa shape index (κ3) is 4.43. The van der Waals surface area contributed by atoms with Crippen molar-refractivity contribution in [3.05, 3.63) is 33.7 Å². The highest BCUT2D eigenvalue weighted by molar-refractivity contribution is 5.94. The lowest BCUT2D eigenvalue weighted by atomic mass is 9.96. The summed E-state index contributed by atoms with van der Waals surface area (Å²) >= 11 is 0. The first-order valence-corrected chi connectivity index (χ1v) is 8.15. The standard InChI is InChI=1S/C17H24N2O4/c1-11(2)14-9-12(10-15(20)18-14)17(23)19-8-4-3-5-13(19)6-7-16(21)22/h9-11,13H,3-8H2,1-2H3,(H,18,20)(H,21,22). The SMILES string of the molecule is CC(C)c1cc(C(=O)N2CCCCC2CCC(=O)O)cc(=O)[nH]1. The summed E-state index contributed by atoms with van der Waals surface area (Å²) in [6, 6.07) is 3.00. The molecule has 0 bridgehead atoms. The fraction of sp³-hybridized carbons (Fsp3) is 0.588. The lowest BCUT2D eigenvalue weighted by molar-refractivity contribution is -0.137. The summed E-state index contributed by atoms with van der Waals surface area (Å²) in [7, 11) is 0. The number of aliphatic carboxylic acids is 1. The van der Waals surface area contributed by atoms with Crippen LogP contribution in [0.25, 0.3) is 0 Å². The Morgan fingerprint density at radius 3 is 2.74 bits per heavy atom. The average Bonchev–Trinajstić information content (AvgIpc) is 2.51. The van der Waals surface area contributed by atoms with E-state index in [9.17, 15) is 14.4 Å². The zero-order valence-electron chi connectivity index (χ0n) is 13.7. The van der Waals surface area contributed by atoms with E-state index in [0.717, 1.165) is 25.0 Å². The van der Waals surface area contributed by atoms with E-state index in [4.69, 9.17) is 5.11 Å². The van der Waals surface area contributed by atoms with Gasteiger partial charge in [0, 0.05) is 36.3 Å². The molecule has 0 aliphatic carbocycles. The third-order valence-corrected chi connectivity index (χ3v) is 4.31. The van der Waals surface area contributed by atoms with E-state index in [1.165, 1.54) is 6.07 Å². The van der Waals surface area contributed by atoms with E-state index < -0.39 is 5.97 Å². The minimum Gasteiger partial charge on any atom is -0.481 e. The molecule has 1 atom stereocenters. The van der Waals surface area contributed by atoms with Crippen LogP contribution in [-0.2, 0) is 4.79 Å². The summed E-state index contributed by atoms with van der Waals surface area (Å²) in [6.07, 6.45) is 3.25. The minimum atomic E-state index is -0.846. The number of carbonyl (C=O) groups excluding carboxylic acids is 1. The Kier molecular flexibility index (Phi) is 5.58. The highest BCUT2D eigenvalue weighted by Gasteiger charge is 2.28. The quantitative estimate of drug-likeness (QED) is 0.871. The first-order chi connectivity index (χ1) is 10.9. The second kappa shape index (κ2) is 7.44. The highest BCUT2D eigenvalue weighted by atomic mass is 16.4. The van der Waals surface area contributed by atoms with Gasteiger partial charge in [-0.3, -0.25) is 14.4 Å². The van der Waals surface area contributed by atoms with Crippen LogP contribution >= 0.6 is 0 Å². The number of hydrogen-bond acceptors (Lipinski definition) is 3. The van der Waals surface area contributed by atoms with Crippen molar-refractivity contribution >= 4 is 11.9 Å². The molecule has 1 aliphatic heterocycles. The maximum Gasteiger partial charge on any atom is 0.303 e. The fourth-order valence-corrected chi connectivity index (χ4v) is 3.02. The Morgan fingerprint density at radius 1 is 1.35 bits per heavy atom. The number of hydrogen-bond donors (Lipinski definition) is 2. The van der Waals surface area contributed by atoms with Gasteiger partial charge in [-0.2, -0.15) is 0 Å². The van der Waals surface area contributed by atoms with Gasteiger partial charge in [-0.25, -0.2) is 0 Å². The third-order valence-electron chi connectivity index (χ3n) is 4.31. The Balaban J connectivity index is 2.22. The predicted octanol–water partition coefficient (Wildman–Crippen LogP) is 2.36. The molecule has 1 aromatic rings. The number of aromatic nitrogens is 1. The topological polar surface area (TPSA) is 90.5 Å². The normalized spacial score (nSPS) is 18.2. The van der Waals surface area contributed by atoms with Crippen molar-refractivity contribution in [2.75, 3.05) is 6.54 Å². The molecule has 1 aliphatic rings. The van der Waals surface area contributed by atoms with Gasteiger partial charge >= 0.3 is 5.97 Å². The molecule has 23 heavy (non-hydrogen) atoms. The number of rotatable bonds is 5. The maximum absolute atomic E-state index is 12.8. The summed E-state index contributed by atoms with van der Waals surface area (Å²) in [5.74, 6) is -0.895. The van der Waals surface area contributed by atoms with Crippen molar-refractivity contribution in [1.29, 1.82) is 0 Å². The van der Waals surface area contributed by atoms with Crippen LogP contribution in [0.5, 0.6) is 0 Å². The van der Waals surface area contributed by atoms with Gasteiger partial charge in [0.25, 0.3) is 5.91 Å². The summed E-state index contributed by atoms with van der Waals surface area (Å²) in [4.78, 5) is 39.9. The Morgan fingerprint density at radius 2 is 2.09 bits per heavy atom. The highest BCUT2D eigenvalue weighted by Crippen LogP contribution is 2.23. The molecule has 6 heteroatoms. The van der Waals surface area contributed by atoms with E-state index in [2.05, 4.69) is 4.98 Å². The van der Waals surface area contributed by atoms with E-state index in [0.29, 0.717) is 18.5 Å². The summed E-state index contributed by atoms with van der Waals surface area (Å²) in [5.41, 5.74) is 0.846. The minimum absolute atomic E-state index is 0.0566. The second-order valence-corrected chi connectivity index (χ2v) is 6.42. The number of carbonyl (C=O) groups is 2. The molecule has 1 saturated heterocycles. The number of carboxylic acid groups (broad SMARTS) is 1. The molecule has 1 aromatic heterocycles. The van der Waals surface area contributed by atoms with Crippen molar-refractivity contribution in [2.24, 2.45) is 0 Å². The van der Waals surface area contributed by atoms with Crippen LogP contribution in [0, 0.1) is 0 Å². The number of carboxylic acids is 1. The summed E-state index contributed by atoms with van der Waals surface area (Å²) in [5, 5.41) is 8.87. The Hall–Kier alpha value is -2.11. The van der Waals surface area contributed by atoms with Crippen LogP contribution in [0.4, 0.5) is 0 Å². The van der Waals surface area contributed by atoms with Crippen molar-refractivity contribution < 1.29 is 14.7 Å². The molecule has 2 rings (SSSR count). The number of nitrogens with zero attached hydrogens (tertiary/aromatic N) is 1. The monoisotopic (exact) mass is 320 g/mol. The van der Waals surface area contributed by atoms with Crippen molar-refractivity contribution in [1.82, 2.24) is 9.88 Å². The van der Waals surface area contributed by atoms with E-state index in [1.807, 2.05) is 13.8 Å². The number of likely N-dealkylation sites (tertiary alicyclic amines) is 1. The van der Waals surface area contributed by atoms with Gasteiger partial charge in [0.05, 0.1) is 0 Å². The molecule has 0 spiro atoms. The van der Waals surface area contributed by atoms with E-state index in [1.54, 1.807) is 11.0 Å². The zero-order chi connectivity index (χ0) is 17.0. The first-order valence-electron chi connectivity index (χ1n) is 8.15. The summed E-state index contributed by atoms with van der Waals surface area (Å²) in [6.45, 7) is 4.53. The number of amides is 1. The first kappa shape index (κ1) is 17.2. The number of nitrogens with one attached hydrogen (secondary N) is 1. The van der Waals surface area contributed by atoms with Gasteiger partial charge in [0.1, 0.15) is 0 Å². The molecule has 0 aromatic carbocycles. The molecule has 126 valence electrons. The smallest absolute Gasteiger partial charge is 0.303 e. The molecule has 0 radical (unpaired) electrons.